The van der Waals surface area contributed by atoms with Crippen LogP contribution in [-0.2, 0) is 0 Å². The Morgan fingerprint density at radius 1 is 1.10 bits per heavy atom. The normalized spacial score (nSPS) is 12.2. The summed E-state index contributed by atoms with van der Waals surface area (Å²) in [5.41, 5.74) is 1.28. The van der Waals surface area contributed by atoms with E-state index >= 15 is 0 Å². The molecule has 2 nitrogen and oxygen atoms in total. The highest BCUT2D eigenvalue weighted by Crippen LogP contribution is 2.32. The van der Waals surface area contributed by atoms with E-state index in [1.165, 1.54) is 5.56 Å². The van der Waals surface area contributed by atoms with Crippen molar-refractivity contribution >= 4 is 31.9 Å². The topological polar surface area (TPSA) is 21.3 Å². The summed E-state index contributed by atoms with van der Waals surface area (Å²) in [6.45, 7) is 2.17. The van der Waals surface area contributed by atoms with Crippen LogP contribution in [-0.4, -0.2) is 7.05 Å². The van der Waals surface area contributed by atoms with Gasteiger partial charge in [-0.1, -0.05) is 35.0 Å². The molecule has 2 rings (SSSR count). The van der Waals surface area contributed by atoms with Gasteiger partial charge < -0.3 is 10.1 Å². The van der Waals surface area contributed by atoms with Crippen molar-refractivity contribution in [1.82, 2.24) is 5.32 Å². The lowest BCUT2D eigenvalue weighted by atomic mass is 10.0. The summed E-state index contributed by atoms with van der Waals surface area (Å²) in [6.07, 6.45) is 1.06. The predicted octanol–water partition coefficient (Wildman–Crippen LogP) is 5.67. The zero-order valence-electron chi connectivity index (χ0n) is 11.5. The van der Waals surface area contributed by atoms with Crippen LogP contribution in [0.2, 0.25) is 0 Å². The Labute approximate surface area is 136 Å². The van der Waals surface area contributed by atoms with Gasteiger partial charge in [0, 0.05) is 10.5 Å². The number of rotatable bonds is 5. The number of ether oxygens (including phenoxy) is 1. The summed E-state index contributed by atoms with van der Waals surface area (Å²) in [6, 6.07) is 14.5. The lowest BCUT2D eigenvalue weighted by molar-refractivity contribution is 0.478. The fraction of sp³-hybridized carbons (Fsp3) is 0.250. The molecule has 0 amide bonds. The van der Waals surface area contributed by atoms with Crippen LogP contribution in [0, 0.1) is 0 Å². The minimum absolute atomic E-state index is 0.392. The minimum Gasteiger partial charge on any atom is -0.456 e. The van der Waals surface area contributed by atoms with E-state index in [9.17, 15) is 0 Å². The lowest BCUT2D eigenvalue weighted by Gasteiger charge is -2.15. The summed E-state index contributed by atoms with van der Waals surface area (Å²) in [4.78, 5) is 0. The van der Waals surface area contributed by atoms with Gasteiger partial charge in [0.05, 0.1) is 4.47 Å². The molecule has 0 fully saturated rings. The third kappa shape index (κ3) is 3.84. The highest BCUT2D eigenvalue weighted by Gasteiger charge is 2.07. The Hall–Kier alpha value is -0.840. The van der Waals surface area contributed by atoms with E-state index in [4.69, 9.17) is 4.74 Å². The molecule has 2 aromatic carbocycles. The first kappa shape index (κ1) is 15.5. The molecule has 0 aliphatic carbocycles. The molecule has 0 aliphatic heterocycles. The lowest BCUT2D eigenvalue weighted by Crippen LogP contribution is -2.14. The van der Waals surface area contributed by atoms with Crippen molar-refractivity contribution in [2.24, 2.45) is 0 Å². The first-order valence-electron chi connectivity index (χ1n) is 6.54. The monoisotopic (exact) mass is 397 g/mol. The summed E-state index contributed by atoms with van der Waals surface area (Å²) < 4.78 is 7.83. The van der Waals surface area contributed by atoms with Crippen LogP contribution >= 0.6 is 31.9 Å². The summed E-state index contributed by atoms with van der Waals surface area (Å²) in [7, 11) is 1.98. The molecule has 0 aliphatic rings. The van der Waals surface area contributed by atoms with E-state index in [0.717, 1.165) is 26.9 Å². The molecule has 1 unspecified atom stereocenters. The van der Waals surface area contributed by atoms with E-state index < -0.39 is 0 Å². The zero-order valence-corrected chi connectivity index (χ0v) is 14.7. The van der Waals surface area contributed by atoms with Crippen molar-refractivity contribution in [3.63, 3.8) is 0 Å². The van der Waals surface area contributed by atoms with Gasteiger partial charge in [-0.3, -0.25) is 0 Å². The minimum atomic E-state index is 0.392. The fourth-order valence-corrected chi connectivity index (χ4v) is 3.19. The molecule has 4 heteroatoms. The van der Waals surface area contributed by atoms with Crippen LogP contribution in [0.15, 0.2) is 51.4 Å². The predicted molar refractivity (Wildman–Crippen MR) is 90.4 cm³/mol. The van der Waals surface area contributed by atoms with Gasteiger partial charge in [0.2, 0.25) is 0 Å². The molecule has 0 spiro atoms. The maximum atomic E-state index is 5.88. The highest BCUT2D eigenvalue weighted by molar-refractivity contribution is 9.11. The summed E-state index contributed by atoms with van der Waals surface area (Å²) in [5, 5.41) is 3.30. The van der Waals surface area contributed by atoms with Crippen molar-refractivity contribution in [1.29, 1.82) is 0 Å². The van der Waals surface area contributed by atoms with E-state index in [2.05, 4.69) is 56.2 Å². The Morgan fingerprint density at radius 3 is 2.35 bits per heavy atom. The zero-order chi connectivity index (χ0) is 14.5. The van der Waals surface area contributed by atoms with Gasteiger partial charge in [-0.15, -0.1) is 0 Å². The summed E-state index contributed by atoms with van der Waals surface area (Å²) >= 11 is 6.93. The first-order valence-corrected chi connectivity index (χ1v) is 8.12. The molecule has 106 valence electrons. The summed E-state index contributed by atoms with van der Waals surface area (Å²) in [5.74, 6) is 1.64. The van der Waals surface area contributed by atoms with Gasteiger partial charge in [0.15, 0.2) is 0 Å². The molecule has 2 aromatic rings. The number of halogens is 2. The third-order valence-electron chi connectivity index (χ3n) is 3.16. The molecule has 0 saturated heterocycles. The Bertz CT molecular complexity index is 565. The van der Waals surface area contributed by atoms with Crippen LogP contribution in [0.4, 0.5) is 0 Å². The van der Waals surface area contributed by atoms with E-state index in [0.29, 0.717) is 6.04 Å². The number of benzene rings is 2. The third-order valence-corrected chi connectivity index (χ3v) is 4.27. The molecule has 0 bridgehead atoms. The maximum Gasteiger partial charge on any atom is 0.141 e. The van der Waals surface area contributed by atoms with Crippen molar-refractivity contribution in [2.75, 3.05) is 7.05 Å². The SMILES string of the molecule is CCC(NC)c1ccc(Oc2ccc(Br)cc2Br)cc1. The molecule has 1 N–H and O–H groups in total. The highest BCUT2D eigenvalue weighted by atomic mass is 79.9. The van der Waals surface area contributed by atoms with E-state index in [1.807, 2.05) is 37.4 Å². The van der Waals surface area contributed by atoms with Crippen molar-refractivity contribution in [2.45, 2.75) is 19.4 Å². The van der Waals surface area contributed by atoms with Crippen molar-refractivity contribution in [3.8, 4) is 11.5 Å². The average molecular weight is 399 g/mol. The Morgan fingerprint density at radius 2 is 1.80 bits per heavy atom. The van der Waals surface area contributed by atoms with E-state index in [-0.39, 0.29) is 0 Å². The second kappa shape index (κ2) is 7.25. The molecule has 0 aromatic heterocycles. The molecular formula is C16H17Br2NO. The number of nitrogens with one attached hydrogen (secondary N) is 1. The van der Waals surface area contributed by atoms with Gasteiger partial charge >= 0.3 is 0 Å². The van der Waals surface area contributed by atoms with Crippen LogP contribution in [0.25, 0.3) is 0 Å². The van der Waals surface area contributed by atoms with E-state index in [1.54, 1.807) is 0 Å². The molecule has 0 saturated carbocycles. The van der Waals surface area contributed by atoms with Crippen molar-refractivity contribution < 1.29 is 4.74 Å². The average Bonchev–Trinajstić information content (AvgIpc) is 2.45. The second-order valence-corrected chi connectivity index (χ2v) is 6.27. The van der Waals surface area contributed by atoms with Gasteiger partial charge in [-0.05, 0) is 65.3 Å². The molecule has 0 radical (unpaired) electrons. The fourth-order valence-electron chi connectivity index (χ4n) is 2.06. The number of hydrogen-bond acceptors (Lipinski definition) is 2. The molecule has 0 heterocycles. The largest absolute Gasteiger partial charge is 0.456 e. The molecular weight excluding hydrogens is 382 g/mol. The molecule has 20 heavy (non-hydrogen) atoms. The van der Waals surface area contributed by atoms with Gasteiger partial charge in [-0.25, -0.2) is 0 Å². The van der Waals surface area contributed by atoms with Gasteiger partial charge in [0.1, 0.15) is 11.5 Å². The quantitative estimate of drug-likeness (QED) is 0.699. The Balaban J connectivity index is 2.14. The van der Waals surface area contributed by atoms with Crippen LogP contribution in [0.5, 0.6) is 11.5 Å². The van der Waals surface area contributed by atoms with Crippen LogP contribution in [0.1, 0.15) is 24.9 Å². The number of hydrogen-bond donors (Lipinski definition) is 1. The Kier molecular flexibility index (Phi) is 5.64. The van der Waals surface area contributed by atoms with Crippen LogP contribution in [0.3, 0.4) is 0 Å². The maximum absolute atomic E-state index is 5.88. The standard InChI is InChI=1S/C16H17Br2NO/c1-3-15(19-2)11-4-7-13(8-5-11)20-16-9-6-12(17)10-14(16)18/h4-10,15,19H,3H2,1-2H3. The van der Waals surface area contributed by atoms with Gasteiger partial charge in [-0.2, -0.15) is 0 Å². The van der Waals surface area contributed by atoms with Crippen molar-refractivity contribution in [3.05, 3.63) is 57.0 Å². The van der Waals surface area contributed by atoms with Crippen LogP contribution < -0.4 is 10.1 Å². The molecule has 1 atom stereocenters. The first-order chi connectivity index (χ1) is 9.63. The van der Waals surface area contributed by atoms with Gasteiger partial charge in [0.25, 0.3) is 0 Å². The smallest absolute Gasteiger partial charge is 0.141 e. The second-order valence-electron chi connectivity index (χ2n) is 4.50.